The maximum atomic E-state index is 3.56. The van der Waals surface area contributed by atoms with E-state index in [0.29, 0.717) is 0 Å². The maximum Gasteiger partial charge on any atom is 0.0110 e. The van der Waals surface area contributed by atoms with Gasteiger partial charge in [-0.25, -0.2) is 0 Å². The molecule has 1 rings (SSSR count). The van der Waals surface area contributed by atoms with Crippen molar-refractivity contribution in [2.24, 2.45) is 5.92 Å². The van der Waals surface area contributed by atoms with Gasteiger partial charge < -0.3 is 15.1 Å². The Morgan fingerprint density at radius 1 is 0.947 bits per heavy atom. The first-order valence-electron chi connectivity index (χ1n) is 8.06. The van der Waals surface area contributed by atoms with Crippen LogP contribution in [-0.4, -0.2) is 61.2 Å². The van der Waals surface area contributed by atoms with Crippen LogP contribution in [0, 0.1) is 5.92 Å². The van der Waals surface area contributed by atoms with Crippen LogP contribution in [0.25, 0.3) is 0 Å². The molecule has 0 saturated carbocycles. The molecule has 3 heteroatoms. The molecule has 0 amide bonds. The molecule has 0 aromatic carbocycles. The van der Waals surface area contributed by atoms with Crippen LogP contribution >= 0.6 is 0 Å². The van der Waals surface area contributed by atoms with Crippen molar-refractivity contribution in [2.45, 2.75) is 53.0 Å². The molecule has 3 nitrogen and oxygen atoms in total. The number of hydrogen-bond donors (Lipinski definition) is 1. The first-order chi connectivity index (χ1) is 8.87. The van der Waals surface area contributed by atoms with Gasteiger partial charge in [0.2, 0.25) is 0 Å². The van der Waals surface area contributed by atoms with Crippen LogP contribution in [0.5, 0.6) is 0 Å². The van der Waals surface area contributed by atoms with Crippen molar-refractivity contribution in [2.75, 3.05) is 45.8 Å². The summed E-state index contributed by atoms with van der Waals surface area (Å²) >= 11 is 0. The van der Waals surface area contributed by atoms with Crippen LogP contribution in [0.1, 0.15) is 47.5 Å². The first kappa shape index (κ1) is 16.9. The Kier molecular flexibility index (Phi) is 7.33. The highest BCUT2D eigenvalue weighted by atomic mass is 15.3. The number of piperazine rings is 1. The lowest BCUT2D eigenvalue weighted by molar-refractivity contribution is 0.121. The van der Waals surface area contributed by atoms with Crippen molar-refractivity contribution in [3.8, 4) is 0 Å². The maximum absolute atomic E-state index is 3.56. The lowest BCUT2D eigenvalue weighted by atomic mass is 10.1. The molecule has 0 aliphatic carbocycles. The highest BCUT2D eigenvalue weighted by molar-refractivity contribution is 4.73. The zero-order chi connectivity index (χ0) is 14.3. The third kappa shape index (κ3) is 8.61. The zero-order valence-electron chi connectivity index (χ0n) is 13.8. The van der Waals surface area contributed by atoms with E-state index in [1.54, 1.807) is 0 Å². The van der Waals surface area contributed by atoms with E-state index in [9.17, 15) is 0 Å². The normalized spacial score (nSPS) is 19.3. The van der Waals surface area contributed by atoms with Gasteiger partial charge in [0.05, 0.1) is 0 Å². The summed E-state index contributed by atoms with van der Waals surface area (Å²) in [7, 11) is 0. The van der Waals surface area contributed by atoms with Crippen molar-refractivity contribution in [1.29, 1.82) is 0 Å². The van der Waals surface area contributed by atoms with Crippen LogP contribution in [-0.2, 0) is 0 Å². The van der Waals surface area contributed by atoms with Crippen molar-refractivity contribution < 1.29 is 0 Å². The SMILES string of the molecule is CC(C)CN1CCN(CCCCNC(C)(C)C)CC1. The standard InChI is InChI=1S/C16H35N3/c1-15(2)14-19-12-10-18(11-13-19)9-7-6-8-17-16(3,4)5/h15,17H,6-14H2,1-5H3. The molecular weight excluding hydrogens is 234 g/mol. The Morgan fingerprint density at radius 3 is 2.05 bits per heavy atom. The van der Waals surface area contributed by atoms with Gasteiger partial charge in [0.25, 0.3) is 0 Å². The summed E-state index contributed by atoms with van der Waals surface area (Å²) in [4.78, 5) is 5.25. The van der Waals surface area contributed by atoms with E-state index in [-0.39, 0.29) is 5.54 Å². The van der Waals surface area contributed by atoms with E-state index in [4.69, 9.17) is 0 Å². The second kappa shape index (κ2) is 8.23. The van der Waals surface area contributed by atoms with Crippen molar-refractivity contribution in [3.05, 3.63) is 0 Å². The van der Waals surface area contributed by atoms with Gasteiger partial charge in [-0.1, -0.05) is 13.8 Å². The smallest absolute Gasteiger partial charge is 0.0110 e. The van der Waals surface area contributed by atoms with Crippen LogP contribution in [0.4, 0.5) is 0 Å². The van der Waals surface area contributed by atoms with Crippen molar-refractivity contribution in [1.82, 2.24) is 15.1 Å². The predicted molar refractivity (Wildman–Crippen MR) is 84.7 cm³/mol. The molecule has 0 aromatic heterocycles. The van der Waals surface area contributed by atoms with E-state index in [2.05, 4.69) is 49.7 Å². The van der Waals surface area contributed by atoms with Gasteiger partial charge in [-0.2, -0.15) is 0 Å². The molecule has 19 heavy (non-hydrogen) atoms. The van der Waals surface area contributed by atoms with Gasteiger partial charge in [0.1, 0.15) is 0 Å². The molecular formula is C16H35N3. The van der Waals surface area contributed by atoms with Gasteiger partial charge in [-0.15, -0.1) is 0 Å². The molecule has 0 aromatic rings. The molecule has 0 spiro atoms. The largest absolute Gasteiger partial charge is 0.312 e. The molecule has 1 N–H and O–H groups in total. The molecule has 1 saturated heterocycles. The van der Waals surface area contributed by atoms with Crippen LogP contribution in [0.2, 0.25) is 0 Å². The molecule has 0 atom stereocenters. The Morgan fingerprint density at radius 2 is 1.53 bits per heavy atom. The molecule has 0 bridgehead atoms. The fraction of sp³-hybridized carbons (Fsp3) is 1.00. The molecule has 0 unspecified atom stereocenters. The van der Waals surface area contributed by atoms with Gasteiger partial charge in [0.15, 0.2) is 0 Å². The van der Waals surface area contributed by atoms with E-state index in [1.165, 1.54) is 52.1 Å². The fourth-order valence-corrected chi connectivity index (χ4v) is 2.64. The van der Waals surface area contributed by atoms with Crippen LogP contribution in [0.3, 0.4) is 0 Å². The summed E-state index contributed by atoms with van der Waals surface area (Å²) in [5, 5.41) is 3.56. The zero-order valence-corrected chi connectivity index (χ0v) is 13.8. The average Bonchev–Trinajstić information content (AvgIpc) is 2.28. The summed E-state index contributed by atoms with van der Waals surface area (Å²) in [5.74, 6) is 0.801. The highest BCUT2D eigenvalue weighted by Gasteiger charge is 2.16. The van der Waals surface area contributed by atoms with E-state index in [0.717, 1.165) is 12.5 Å². The highest BCUT2D eigenvalue weighted by Crippen LogP contribution is 2.06. The minimum Gasteiger partial charge on any atom is -0.312 e. The monoisotopic (exact) mass is 269 g/mol. The average molecular weight is 269 g/mol. The minimum absolute atomic E-state index is 0.266. The molecule has 0 radical (unpaired) electrons. The number of unbranched alkanes of at least 4 members (excludes halogenated alkanes) is 1. The molecule has 1 heterocycles. The van der Waals surface area contributed by atoms with E-state index in [1.807, 2.05) is 0 Å². The second-order valence-corrected chi connectivity index (χ2v) is 7.42. The third-order valence-electron chi connectivity index (χ3n) is 3.64. The quantitative estimate of drug-likeness (QED) is 0.716. The summed E-state index contributed by atoms with van der Waals surface area (Å²) in [6.45, 7) is 20.1. The van der Waals surface area contributed by atoms with Crippen molar-refractivity contribution in [3.63, 3.8) is 0 Å². The van der Waals surface area contributed by atoms with Gasteiger partial charge in [0, 0.05) is 38.3 Å². The van der Waals surface area contributed by atoms with Gasteiger partial charge >= 0.3 is 0 Å². The number of hydrogen-bond acceptors (Lipinski definition) is 3. The van der Waals surface area contributed by atoms with E-state index >= 15 is 0 Å². The fourth-order valence-electron chi connectivity index (χ4n) is 2.64. The lowest BCUT2D eigenvalue weighted by Gasteiger charge is -2.35. The predicted octanol–water partition coefficient (Wildman–Crippen LogP) is 2.43. The number of nitrogens with zero attached hydrogens (tertiary/aromatic N) is 2. The van der Waals surface area contributed by atoms with Crippen LogP contribution in [0.15, 0.2) is 0 Å². The van der Waals surface area contributed by atoms with Gasteiger partial charge in [-0.3, -0.25) is 0 Å². The second-order valence-electron chi connectivity index (χ2n) is 7.42. The summed E-state index contributed by atoms with van der Waals surface area (Å²) in [6.07, 6.45) is 2.62. The molecule has 114 valence electrons. The summed E-state index contributed by atoms with van der Waals surface area (Å²) in [5.41, 5.74) is 0.266. The Hall–Kier alpha value is -0.120. The Bertz CT molecular complexity index is 225. The number of nitrogens with one attached hydrogen (secondary N) is 1. The Labute approximate surface area is 120 Å². The topological polar surface area (TPSA) is 18.5 Å². The molecule has 1 fully saturated rings. The lowest BCUT2D eigenvalue weighted by Crippen LogP contribution is -2.47. The number of rotatable bonds is 7. The van der Waals surface area contributed by atoms with Gasteiger partial charge in [-0.05, 0) is 52.6 Å². The first-order valence-corrected chi connectivity index (χ1v) is 8.06. The minimum atomic E-state index is 0.266. The molecule has 1 aliphatic rings. The van der Waals surface area contributed by atoms with Crippen LogP contribution < -0.4 is 5.32 Å². The third-order valence-corrected chi connectivity index (χ3v) is 3.64. The summed E-state index contributed by atoms with van der Waals surface area (Å²) in [6, 6.07) is 0. The van der Waals surface area contributed by atoms with E-state index < -0.39 is 0 Å². The Balaban J connectivity index is 2.01. The van der Waals surface area contributed by atoms with Crippen molar-refractivity contribution >= 4 is 0 Å². The summed E-state index contributed by atoms with van der Waals surface area (Å²) < 4.78 is 0. The molecule has 1 aliphatic heterocycles.